The number of benzene rings is 2. The third-order valence-electron chi connectivity index (χ3n) is 9.96. The molecule has 2 amide bonds. The Balaban J connectivity index is 0.940. The first-order chi connectivity index (χ1) is 23.9. The molecule has 0 saturated carbocycles. The highest BCUT2D eigenvalue weighted by Gasteiger charge is 2.30. The van der Waals surface area contributed by atoms with Crippen molar-refractivity contribution in [1.82, 2.24) is 29.8 Å². The van der Waals surface area contributed by atoms with Gasteiger partial charge in [0, 0.05) is 63.5 Å². The van der Waals surface area contributed by atoms with Crippen LogP contribution in [0.5, 0.6) is 0 Å². The average Bonchev–Trinajstić information content (AvgIpc) is 3.77. The summed E-state index contributed by atoms with van der Waals surface area (Å²) in [4.78, 5) is 40.6. The molecule has 1 unspecified atom stereocenters. The van der Waals surface area contributed by atoms with Crippen molar-refractivity contribution in [3.8, 4) is 11.3 Å². The normalized spacial score (nSPS) is 20.3. The van der Waals surface area contributed by atoms with Gasteiger partial charge in [-0.1, -0.05) is 36.4 Å². The smallest absolute Gasteiger partial charge is 0.234 e. The summed E-state index contributed by atoms with van der Waals surface area (Å²) in [7, 11) is 0. The third kappa shape index (κ3) is 6.24. The zero-order valence-electron chi connectivity index (χ0n) is 26.9. The molecule has 0 radical (unpaired) electrons. The Morgan fingerprint density at radius 1 is 0.857 bits per heavy atom. The van der Waals surface area contributed by atoms with Crippen molar-refractivity contribution in [2.24, 2.45) is 0 Å². The molecular formula is C37H36F2N8O2. The summed E-state index contributed by atoms with van der Waals surface area (Å²) in [5.74, 6) is -0.181. The second-order valence-corrected chi connectivity index (χ2v) is 13.0. The van der Waals surface area contributed by atoms with E-state index in [-0.39, 0.29) is 23.8 Å². The Morgan fingerprint density at radius 2 is 1.69 bits per heavy atom. The number of halogens is 2. The molecule has 8 rings (SSSR count). The molecule has 12 heteroatoms. The van der Waals surface area contributed by atoms with Crippen LogP contribution in [0.15, 0.2) is 79.1 Å². The van der Waals surface area contributed by atoms with E-state index in [0.717, 1.165) is 86.6 Å². The van der Waals surface area contributed by atoms with E-state index < -0.39 is 11.6 Å². The summed E-state index contributed by atoms with van der Waals surface area (Å²) in [6, 6.07) is 19.6. The minimum absolute atomic E-state index is 0.198. The van der Waals surface area contributed by atoms with Gasteiger partial charge >= 0.3 is 0 Å². The van der Waals surface area contributed by atoms with E-state index in [4.69, 9.17) is 9.97 Å². The van der Waals surface area contributed by atoms with Gasteiger partial charge in [-0.3, -0.25) is 19.8 Å². The number of hydrogen-bond donors (Lipinski definition) is 1. The highest BCUT2D eigenvalue weighted by atomic mass is 19.1. The first kappa shape index (κ1) is 31.1. The Labute approximate surface area is 282 Å². The number of aromatic nitrogens is 4. The second-order valence-electron chi connectivity index (χ2n) is 13.0. The standard InChI is InChI=1S/C37H36F2N8O2/c38-26-10-11-28(30(39)21-26)32-4-2-15-46(32)34-14-16-47-36(42-34)29(22-40-47)31-3-1-5-33(41-31)45-19-17-44(18-20-45)23-24-6-8-25(9-7-24)27-12-13-35(48)43-37(27)49/h1,3,5-11,14,16,21-22,27,32H,2,4,12-13,15,17-20,23H2,(H,43,48,49)/t27?,32-/m1/s1. The van der Waals surface area contributed by atoms with Crippen molar-refractivity contribution < 1.29 is 18.4 Å². The monoisotopic (exact) mass is 662 g/mol. The number of carbonyl (C=O) groups excluding carboxylic acids is 2. The van der Waals surface area contributed by atoms with E-state index in [0.29, 0.717) is 24.1 Å². The van der Waals surface area contributed by atoms with Crippen LogP contribution in [0.25, 0.3) is 16.9 Å². The van der Waals surface area contributed by atoms with Gasteiger partial charge in [-0.25, -0.2) is 23.3 Å². The highest BCUT2D eigenvalue weighted by molar-refractivity contribution is 6.00. The third-order valence-corrected chi connectivity index (χ3v) is 9.96. The number of amides is 2. The molecule has 3 aliphatic rings. The summed E-state index contributed by atoms with van der Waals surface area (Å²) in [6.45, 7) is 4.97. The molecule has 3 aliphatic heterocycles. The predicted molar refractivity (Wildman–Crippen MR) is 181 cm³/mol. The van der Waals surface area contributed by atoms with Crippen LogP contribution in [0.2, 0.25) is 0 Å². The Kier molecular flexibility index (Phi) is 8.24. The van der Waals surface area contributed by atoms with Gasteiger partial charge in [0.2, 0.25) is 11.8 Å². The van der Waals surface area contributed by atoms with Crippen molar-refractivity contribution in [1.29, 1.82) is 0 Å². The molecule has 0 spiro atoms. The van der Waals surface area contributed by atoms with Gasteiger partial charge in [0.15, 0.2) is 5.65 Å². The molecule has 0 bridgehead atoms. The van der Waals surface area contributed by atoms with Gasteiger partial charge in [0.25, 0.3) is 0 Å². The van der Waals surface area contributed by atoms with Crippen LogP contribution in [0.3, 0.4) is 0 Å². The Hall–Kier alpha value is -5.23. The number of carbonyl (C=O) groups is 2. The summed E-state index contributed by atoms with van der Waals surface area (Å²) in [6.07, 6.45) is 6.21. The van der Waals surface area contributed by atoms with E-state index in [9.17, 15) is 18.4 Å². The van der Waals surface area contributed by atoms with Crippen LogP contribution >= 0.6 is 0 Å². The van der Waals surface area contributed by atoms with E-state index in [1.165, 1.54) is 17.7 Å². The van der Waals surface area contributed by atoms with Gasteiger partial charge in [0.05, 0.1) is 29.4 Å². The van der Waals surface area contributed by atoms with Crippen molar-refractivity contribution in [2.75, 3.05) is 42.5 Å². The van der Waals surface area contributed by atoms with Gasteiger partial charge < -0.3 is 9.80 Å². The molecule has 1 N–H and O–H groups in total. The fourth-order valence-electron chi connectivity index (χ4n) is 7.35. The molecule has 3 fully saturated rings. The average molecular weight is 663 g/mol. The van der Waals surface area contributed by atoms with Crippen molar-refractivity contribution in [3.05, 3.63) is 107 Å². The Bertz CT molecular complexity index is 2030. The fourth-order valence-corrected chi connectivity index (χ4v) is 7.35. The van der Waals surface area contributed by atoms with Crippen LogP contribution in [0.1, 0.15) is 54.3 Å². The molecular weight excluding hydrogens is 626 g/mol. The number of pyridine rings is 1. The van der Waals surface area contributed by atoms with E-state index in [2.05, 4.69) is 37.2 Å². The molecule has 0 aliphatic carbocycles. The molecule has 3 saturated heterocycles. The zero-order chi connectivity index (χ0) is 33.5. The fraction of sp³-hybridized carbons (Fsp3) is 0.324. The van der Waals surface area contributed by atoms with Crippen molar-refractivity contribution in [3.63, 3.8) is 0 Å². The zero-order valence-corrected chi connectivity index (χ0v) is 26.9. The quantitative estimate of drug-likeness (QED) is 0.236. The number of imide groups is 1. The summed E-state index contributed by atoms with van der Waals surface area (Å²) >= 11 is 0. The lowest BCUT2D eigenvalue weighted by Crippen LogP contribution is -2.46. The van der Waals surface area contributed by atoms with Crippen LogP contribution in [-0.2, 0) is 16.1 Å². The molecule has 10 nitrogen and oxygen atoms in total. The van der Waals surface area contributed by atoms with E-state index >= 15 is 0 Å². The number of piperidine rings is 1. The lowest BCUT2D eigenvalue weighted by molar-refractivity contribution is -0.134. The van der Waals surface area contributed by atoms with E-state index in [1.807, 2.05) is 42.6 Å². The van der Waals surface area contributed by atoms with Crippen molar-refractivity contribution >= 4 is 29.1 Å². The highest BCUT2D eigenvalue weighted by Crippen LogP contribution is 2.37. The lowest BCUT2D eigenvalue weighted by atomic mass is 9.90. The van der Waals surface area contributed by atoms with Gasteiger partial charge in [-0.05, 0) is 54.7 Å². The van der Waals surface area contributed by atoms with Crippen LogP contribution in [0.4, 0.5) is 20.4 Å². The maximum Gasteiger partial charge on any atom is 0.234 e. The molecule has 6 heterocycles. The molecule has 5 aromatic rings. The first-order valence-electron chi connectivity index (χ1n) is 16.8. The summed E-state index contributed by atoms with van der Waals surface area (Å²) in [5, 5.41) is 6.98. The molecule has 2 atom stereocenters. The number of anilines is 2. The maximum atomic E-state index is 14.7. The maximum absolute atomic E-state index is 14.7. The summed E-state index contributed by atoms with van der Waals surface area (Å²) < 4.78 is 30.1. The number of hydrogen-bond acceptors (Lipinski definition) is 8. The minimum Gasteiger partial charge on any atom is -0.354 e. The minimum atomic E-state index is -0.582. The number of nitrogens with one attached hydrogen (secondary N) is 1. The van der Waals surface area contributed by atoms with Gasteiger partial charge in [-0.15, -0.1) is 0 Å². The second kappa shape index (κ2) is 13.0. The molecule has 3 aromatic heterocycles. The number of nitrogens with zero attached hydrogens (tertiary/aromatic N) is 7. The number of fused-ring (bicyclic) bond motifs is 1. The lowest BCUT2D eigenvalue weighted by Gasteiger charge is -2.35. The van der Waals surface area contributed by atoms with Crippen LogP contribution < -0.4 is 15.1 Å². The Morgan fingerprint density at radius 3 is 2.49 bits per heavy atom. The SMILES string of the molecule is O=C1CCC(c2ccc(CN3CCN(c4cccc(-c5cnn6ccc(N7CCC[C@@H]7c7ccc(F)cc7F)nc56)n4)CC3)cc2)C(=O)N1. The topological polar surface area (TPSA) is 99.0 Å². The molecule has 2 aromatic carbocycles. The molecule has 250 valence electrons. The van der Waals surface area contributed by atoms with Crippen molar-refractivity contribution in [2.45, 2.75) is 44.2 Å². The van der Waals surface area contributed by atoms with Gasteiger partial charge in [-0.2, -0.15) is 5.10 Å². The van der Waals surface area contributed by atoms with Crippen LogP contribution in [0, 0.1) is 11.6 Å². The van der Waals surface area contributed by atoms with Gasteiger partial charge in [0.1, 0.15) is 23.3 Å². The molecule has 49 heavy (non-hydrogen) atoms. The van der Waals surface area contributed by atoms with E-state index in [1.54, 1.807) is 10.7 Å². The number of rotatable bonds is 7. The number of piperazine rings is 1. The van der Waals surface area contributed by atoms with Crippen LogP contribution in [-0.4, -0.2) is 69.0 Å². The first-order valence-corrected chi connectivity index (χ1v) is 16.8. The predicted octanol–water partition coefficient (Wildman–Crippen LogP) is 5.25. The summed E-state index contributed by atoms with van der Waals surface area (Å²) in [5.41, 5.74) is 4.87. The largest absolute Gasteiger partial charge is 0.354 e.